The molecule has 17 heavy (non-hydrogen) atoms. The first-order chi connectivity index (χ1) is 8.04. The third-order valence-corrected chi connectivity index (χ3v) is 3.01. The molecule has 0 saturated heterocycles. The summed E-state index contributed by atoms with van der Waals surface area (Å²) < 4.78 is 0. The number of rotatable bonds is 2. The van der Waals surface area contributed by atoms with Crippen molar-refractivity contribution < 1.29 is 10.2 Å². The average Bonchev–Trinajstić information content (AvgIpc) is 2.34. The average molecular weight is 270 g/mol. The van der Waals surface area contributed by atoms with E-state index in [-0.39, 0.29) is 16.3 Å². The summed E-state index contributed by atoms with van der Waals surface area (Å²) in [5.74, 6) is -0.149. The lowest BCUT2D eigenvalue weighted by Crippen LogP contribution is -1.97. The number of hydrogen-bond donors (Lipinski definition) is 2. The highest BCUT2D eigenvalue weighted by molar-refractivity contribution is 6.39. The highest BCUT2D eigenvalue weighted by Gasteiger charge is 2.13. The Kier molecular flexibility index (Phi) is 3.24. The van der Waals surface area contributed by atoms with E-state index in [1.165, 1.54) is 12.1 Å². The summed E-state index contributed by atoms with van der Waals surface area (Å²) >= 11 is 11.8. The summed E-state index contributed by atoms with van der Waals surface area (Å²) in [6.45, 7) is 3.47. The Morgan fingerprint density at radius 3 is 2.65 bits per heavy atom. The molecule has 0 aliphatic rings. The Hall–Kier alpha value is -1.29. The first-order valence-corrected chi connectivity index (χ1v) is 5.58. The van der Waals surface area contributed by atoms with Gasteiger partial charge in [0, 0.05) is 5.39 Å². The molecule has 0 spiro atoms. The number of phenolic OH excluding ortho intramolecular Hbond substituents is 1. The molecule has 2 aromatic rings. The normalized spacial score (nSPS) is 12.6. The van der Waals surface area contributed by atoms with Gasteiger partial charge in [-0.25, -0.2) is 4.98 Å². The van der Waals surface area contributed by atoms with E-state index in [9.17, 15) is 10.2 Å². The summed E-state index contributed by atoms with van der Waals surface area (Å²) in [4.78, 5) is 4.13. The lowest BCUT2D eigenvalue weighted by molar-refractivity contribution is 0.224. The van der Waals surface area contributed by atoms with Crippen LogP contribution in [0.15, 0.2) is 30.9 Å². The Morgan fingerprint density at radius 1 is 1.29 bits per heavy atom. The summed E-state index contributed by atoms with van der Waals surface area (Å²) in [6.07, 6.45) is 0.453. The third kappa shape index (κ3) is 2.09. The van der Waals surface area contributed by atoms with Gasteiger partial charge in [0.05, 0.1) is 15.7 Å². The molecular formula is C12H9Cl2NO2. The number of benzene rings is 1. The molecule has 0 radical (unpaired) electrons. The summed E-state index contributed by atoms with van der Waals surface area (Å²) in [6, 6.07) is 4.74. The first kappa shape index (κ1) is 12.2. The molecule has 0 aliphatic heterocycles. The molecule has 0 fully saturated rings. The number of fused-ring (bicyclic) bond motifs is 1. The van der Waals surface area contributed by atoms with Crippen molar-refractivity contribution in [2.45, 2.75) is 6.10 Å². The van der Waals surface area contributed by atoms with Crippen LogP contribution < -0.4 is 0 Å². The molecule has 2 N–H and O–H groups in total. The predicted molar refractivity (Wildman–Crippen MR) is 68.6 cm³/mol. The maximum Gasteiger partial charge on any atom is 0.160 e. The first-order valence-electron chi connectivity index (χ1n) is 4.83. The summed E-state index contributed by atoms with van der Waals surface area (Å²) in [7, 11) is 0. The summed E-state index contributed by atoms with van der Waals surface area (Å²) in [5, 5.41) is 20.5. The molecule has 0 amide bonds. The highest BCUT2D eigenvalue weighted by atomic mass is 35.5. The smallest absolute Gasteiger partial charge is 0.160 e. The van der Waals surface area contributed by atoms with E-state index in [0.717, 1.165) is 0 Å². The van der Waals surface area contributed by atoms with Crippen molar-refractivity contribution in [3.8, 4) is 5.75 Å². The molecule has 3 nitrogen and oxygen atoms in total. The molecule has 5 heteroatoms. The molecule has 2 rings (SSSR count). The summed E-state index contributed by atoms with van der Waals surface area (Å²) in [5.41, 5.74) is 0.641. The van der Waals surface area contributed by atoms with Crippen molar-refractivity contribution in [3.63, 3.8) is 0 Å². The van der Waals surface area contributed by atoms with Crippen LogP contribution in [0.2, 0.25) is 10.0 Å². The van der Waals surface area contributed by atoms with Crippen molar-refractivity contribution >= 4 is 34.1 Å². The number of hydrogen-bond acceptors (Lipinski definition) is 3. The number of phenols is 1. The van der Waals surface area contributed by atoms with Crippen LogP contribution in [-0.2, 0) is 0 Å². The number of halogens is 2. The minimum Gasteiger partial charge on any atom is -0.504 e. The van der Waals surface area contributed by atoms with Crippen molar-refractivity contribution in [1.82, 2.24) is 4.98 Å². The molecular weight excluding hydrogens is 261 g/mol. The van der Waals surface area contributed by atoms with Crippen molar-refractivity contribution in [2.24, 2.45) is 0 Å². The van der Waals surface area contributed by atoms with Gasteiger partial charge in [0.25, 0.3) is 0 Å². The molecule has 88 valence electrons. The van der Waals surface area contributed by atoms with Crippen molar-refractivity contribution in [2.75, 3.05) is 0 Å². The fraction of sp³-hybridized carbons (Fsp3) is 0.0833. The van der Waals surface area contributed by atoms with Gasteiger partial charge in [-0.05, 0) is 18.2 Å². The van der Waals surface area contributed by atoms with E-state index in [2.05, 4.69) is 11.6 Å². The van der Waals surface area contributed by atoms with E-state index in [1.54, 1.807) is 12.1 Å². The van der Waals surface area contributed by atoms with E-state index in [1.807, 2.05) is 0 Å². The van der Waals surface area contributed by atoms with E-state index in [0.29, 0.717) is 16.1 Å². The van der Waals surface area contributed by atoms with Crippen molar-refractivity contribution in [3.05, 3.63) is 46.6 Å². The number of nitrogens with zero attached hydrogens (tertiary/aromatic N) is 1. The number of aromatic nitrogens is 1. The van der Waals surface area contributed by atoms with Crippen LogP contribution in [0.1, 0.15) is 11.8 Å². The van der Waals surface area contributed by atoms with Gasteiger partial charge in [-0.2, -0.15) is 0 Å². The van der Waals surface area contributed by atoms with Crippen molar-refractivity contribution in [1.29, 1.82) is 0 Å². The Morgan fingerprint density at radius 2 is 2.00 bits per heavy atom. The van der Waals surface area contributed by atoms with Gasteiger partial charge >= 0.3 is 0 Å². The fourth-order valence-electron chi connectivity index (χ4n) is 1.50. The number of pyridine rings is 1. The van der Waals surface area contributed by atoms with Crippen LogP contribution in [0.4, 0.5) is 0 Å². The van der Waals surface area contributed by atoms with Crippen LogP contribution in [0.5, 0.6) is 5.75 Å². The molecule has 1 heterocycles. The minimum atomic E-state index is -0.892. The number of aromatic hydroxyl groups is 1. The lowest BCUT2D eigenvalue weighted by Gasteiger charge is -2.09. The van der Waals surface area contributed by atoms with E-state index >= 15 is 0 Å². The van der Waals surface area contributed by atoms with E-state index < -0.39 is 6.10 Å². The Labute approximate surface area is 108 Å². The van der Waals surface area contributed by atoms with Gasteiger partial charge in [-0.3, -0.25) is 0 Å². The zero-order chi connectivity index (χ0) is 12.6. The Bertz CT molecular complexity index is 599. The quantitative estimate of drug-likeness (QED) is 0.821. The third-order valence-electron chi connectivity index (χ3n) is 2.40. The highest BCUT2D eigenvalue weighted by Crippen LogP contribution is 2.36. The molecule has 1 atom stereocenters. The van der Waals surface area contributed by atoms with Crippen LogP contribution in [0.3, 0.4) is 0 Å². The maximum absolute atomic E-state index is 9.80. The fourth-order valence-corrected chi connectivity index (χ4v) is 2.02. The predicted octanol–water partition coefficient (Wildman–Crippen LogP) is 3.47. The molecule has 1 aromatic carbocycles. The van der Waals surface area contributed by atoms with Gasteiger partial charge in [0.15, 0.2) is 5.75 Å². The SMILES string of the molecule is C=CC(O)c1ccc2c(Cl)cc(Cl)c(O)c2n1. The van der Waals surface area contributed by atoms with Crippen LogP contribution in [-0.4, -0.2) is 15.2 Å². The molecule has 0 bridgehead atoms. The van der Waals surface area contributed by atoms with Crippen LogP contribution in [0, 0.1) is 0 Å². The second-order valence-electron chi connectivity index (χ2n) is 3.50. The monoisotopic (exact) mass is 269 g/mol. The molecule has 0 aliphatic carbocycles. The Balaban J connectivity index is 2.76. The van der Waals surface area contributed by atoms with E-state index in [4.69, 9.17) is 23.2 Å². The van der Waals surface area contributed by atoms with Crippen LogP contribution in [0.25, 0.3) is 10.9 Å². The van der Waals surface area contributed by atoms with Gasteiger partial charge in [-0.15, -0.1) is 6.58 Å². The van der Waals surface area contributed by atoms with Gasteiger partial charge < -0.3 is 10.2 Å². The number of aliphatic hydroxyl groups is 1. The lowest BCUT2D eigenvalue weighted by atomic mass is 10.1. The maximum atomic E-state index is 9.80. The zero-order valence-corrected chi connectivity index (χ0v) is 10.2. The number of aliphatic hydroxyl groups excluding tert-OH is 1. The van der Waals surface area contributed by atoms with Gasteiger partial charge in [0.2, 0.25) is 0 Å². The minimum absolute atomic E-state index is 0.125. The molecule has 0 saturated carbocycles. The topological polar surface area (TPSA) is 53.4 Å². The van der Waals surface area contributed by atoms with Gasteiger partial charge in [0.1, 0.15) is 11.6 Å². The molecule has 1 aromatic heterocycles. The second kappa shape index (κ2) is 4.53. The standard InChI is InChI=1S/C12H9Cl2NO2/c1-2-10(16)9-4-3-6-7(13)5-8(14)12(17)11(6)15-9/h2-5,10,16-17H,1H2. The van der Waals surface area contributed by atoms with Crippen LogP contribution >= 0.6 is 23.2 Å². The second-order valence-corrected chi connectivity index (χ2v) is 4.32. The molecule has 1 unspecified atom stereocenters. The largest absolute Gasteiger partial charge is 0.504 e. The van der Waals surface area contributed by atoms with Gasteiger partial charge in [-0.1, -0.05) is 29.3 Å². The zero-order valence-electron chi connectivity index (χ0n) is 8.69.